The number of aromatic nitrogens is 4. The molecule has 0 radical (unpaired) electrons. The van der Waals surface area contributed by atoms with Gasteiger partial charge in [0.2, 0.25) is 0 Å². The number of anilines is 1. The molecule has 0 spiro atoms. The summed E-state index contributed by atoms with van der Waals surface area (Å²) >= 11 is 0. The highest BCUT2D eigenvalue weighted by Crippen LogP contribution is 2.02. The molecule has 0 aliphatic heterocycles. The van der Waals surface area contributed by atoms with Crippen molar-refractivity contribution in [2.24, 2.45) is 0 Å². The van der Waals surface area contributed by atoms with Crippen molar-refractivity contribution in [2.75, 3.05) is 11.9 Å². The van der Waals surface area contributed by atoms with E-state index < -0.39 is 11.8 Å². The Bertz CT molecular complexity index is 620. The number of hydrogen-bond acceptors (Lipinski definition) is 4. The van der Waals surface area contributed by atoms with E-state index in [9.17, 15) is 14.0 Å². The van der Waals surface area contributed by atoms with Gasteiger partial charge in [0.1, 0.15) is 18.0 Å². The Kier molecular flexibility index (Phi) is 4.43. The summed E-state index contributed by atoms with van der Waals surface area (Å²) in [4.78, 5) is 26.3. The van der Waals surface area contributed by atoms with Crippen molar-refractivity contribution in [1.82, 2.24) is 25.1 Å². The molecule has 0 saturated heterocycles. The third kappa shape index (κ3) is 3.90. The summed E-state index contributed by atoms with van der Waals surface area (Å²) in [6.45, 7) is 0.828. The van der Waals surface area contributed by atoms with Crippen molar-refractivity contribution < 1.29 is 9.18 Å². The molecule has 0 saturated carbocycles. The van der Waals surface area contributed by atoms with Gasteiger partial charge < -0.3 is 5.32 Å². The summed E-state index contributed by atoms with van der Waals surface area (Å²) < 4.78 is 14.0. The van der Waals surface area contributed by atoms with E-state index in [4.69, 9.17) is 0 Å². The smallest absolute Gasteiger partial charge is 0.338 e. The van der Waals surface area contributed by atoms with E-state index in [0.29, 0.717) is 19.5 Å². The lowest BCUT2D eigenvalue weighted by atomic mass is 10.4. The highest BCUT2D eigenvalue weighted by molar-refractivity contribution is 5.88. The second-order valence-corrected chi connectivity index (χ2v) is 3.95. The number of urea groups is 1. The molecule has 106 valence electrons. The van der Waals surface area contributed by atoms with E-state index >= 15 is 0 Å². The fourth-order valence-corrected chi connectivity index (χ4v) is 1.49. The molecule has 0 fully saturated rings. The summed E-state index contributed by atoms with van der Waals surface area (Å²) in [6.07, 6.45) is 2.98. The summed E-state index contributed by atoms with van der Waals surface area (Å²) in [5.74, 6) is -0.212. The van der Waals surface area contributed by atoms with Crippen LogP contribution in [-0.4, -0.2) is 32.3 Å². The number of nitrogens with one attached hydrogen (secondary N) is 3. The van der Waals surface area contributed by atoms with Gasteiger partial charge in [0.05, 0.1) is 6.20 Å². The second-order valence-electron chi connectivity index (χ2n) is 3.95. The Morgan fingerprint density at radius 2 is 2.30 bits per heavy atom. The minimum atomic E-state index is -0.471. The lowest BCUT2D eigenvalue weighted by Gasteiger charge is -2.06. The number of amides is 2. The maximum atomic E-state index is 12.6. The van der Waals surface area contributed by atoms with Gasteiger partial charge in [-0.25, -0.2) is 24.1 Å². The second kappa shape index (κ2) is 6.45. The molecule has 2 aromatic rings. The largest absolute Gasteiger partial charge is 0.343 e. The van der Waals surface area contributed by atoms with Crippen LogP contribution >= 0.6 is 0 Å². The summed E-state index contributed by atoms with van der Waals surface area (Å²) in [5.41, 5.74) is -0.287. The molecular formula is C11H13FN6O2. The van der Waals surface area contributed by atoms with E-state index in [-0.39, 0.29) is 11.5 Å². The maximum Gasteiger partial charge on any atom is 0.343 e. The summed E-state index contributed by atoms with van der Waals surface area (Å²) in [7, 11) is 0. The van der Waals surface area contributed by atoms with E-state index in [0.717, 1.165) is 6.20 Å². The molecule has 2 rings (SSSR count). The predicted octanol–water partition coefficient (Wildman–Crippen LogP) is 0.317. The standard InChI is InChI=1S/C11H13FN6O2/c12-8-2-3-9(14-6-8)16-10(19)13-4-1-5-18-7-15-17-11(18)20/h2-3,6-7H,1,4-5H2,(H,17,20)(H2,13,14,16,19). The van der Waals surface area contributed by atoms with Gasteiger partial charge in [-0.05, 0) is 18.6 Å². The van der Waals surface area contributed by atoms with Crippen LogP contribution in [0.4, 0.5) is 15.0 Å². The van der Waals surface area contributed by atoms with Crippen molar-refractivity contribution in [3.05, 3.63) is 41.0 Å². The number of aromatic amines is 1. The minimum Gasteiger partial charge on any atom is -0.338 e. The number of pyridine rings is 1. The van der Waals surface area contributed by atoms with Gasteiger partial charge in [0, 0.05) is 13.1 Å². The van der Waals surface area contributed by atoms with Crippen LogP contribution in [0.15, 0.2) is 29.5 Å². The van der Waals surface area contributed by atoms with Gasteiger partial charge in [-0.3, -0.25) is 9.88 Å². The van der Waals surface area contributed by atoms with Gasteiger partial charge >= 0.3 is 11.7 Å². The normalized spacial score (nSPS) is 10.2. The van der Waals surface area contributed by atoms with E-state index in [2.05, 4.69) is 25.8 Å². The third-order valence-electron chi connectivity index (χ3n) is 2.45. The highest BCUT2D eigenvalue weighted by Gasteiger charge is 2.02. The van der Waals surface area contributed by atoms with Crippen molar-refractivity contribution in [2.45, 2.75) is 13.0 Å². The van der Waals surface area contributed by atoms with E-state index in [1.807, 2.05) is 0 Å². The molecule has 0 aliphatic rings. The Labute approximate surface area is 113 Å². The van der Waals surface area contributed by atoms with Crippen LogP contribution in [0.1, 0.15) is 6.42 Å². The molecule has 0 aliphatic carbocycles. The monoisotopic (exact) mass is 280 g/mol. The first-order chi connectivity index (χ1) is 9.65. The summed E-state index contributed by atoms with van der Waals surface area (Å²) in [5, 5.41) is 10.9. The third-order valence-corrected chi connectivity index (χ3v) is 2.45. The fourth-order valence-electron chi connectivity index (χ4n) is 1.49. The topological polar surface area (TPSA) is 105 Å². The predicted molar refractivity (Wildman–Crippen MR) is 68.7 cm³/mol. The van der Waals surface area contributed by atoms with Crippen LogP contribution in [0.25, 0.3) is 0 Å². The molecule has 0 bridgehead atoms. The molecule has 2 aromatic heterocycles. The quantitative estimate of drug-likeness (QED) is 0.686. The summed E-state index contributed by atoms with van der Waals surface area (Å²) in [6, 6.07) is 2.12. The van der Waals surface area contributed by atoms with Crippen LogP contribution in [0.5, 0.6) is 0 Å². The molecule has 3 N–H and O–H groups in total. The number of H-pyrrole nitrogens is 1. The number of hydrogen-bond donors (Lipinski definition) is 3. The minimum absolute atomic E-state index is 0.259. The average molecular weight is 280 g/mol. The first-order valence-corrected chi connectivity index (χ1v) is 5.91. The molecule has 0 aromatic carbocycles. The van der Waals surface area contributed by atoms with Crippen molar-refractivity contribution in [3.63, 3.8) is 0 Å². The maximum absolute atomic E-state index is 12.6. The van der Waals surface area contributed by atoms with Crippen LogP contribution in [0.3, 0.4) is 0 Å². The lowest BCUT2D eigenvalue weighted by Crippen LogP contribution is -2.30. The molecule has 0 atom stereocenters. The number of aryl methyl sites for hydroxylation is 1. The molecule has 0 unspecified atom stereocenters. The highest BCUT2D eigenvalue weighted by atomic mass is 19.1. The average Bonchev–Trinajstić information content (AvgIpc) is 2.83. The zero-order chi connectivity index (χ0) is 14.4. The molecule has 2 amide bonds. The molecule has 20 heavy (non-hydrogen) atoms. The number of nitrogens with zero attached hydrogens (tertiary/aromatic N) is 3. The van der Waals surface area contributed by atoms with Gasteiger partial charge in [0.15, 0.2) is 0 Å². The van der Waals surface area contributed by atoms with Crippen LogP contribution < -0.4 is 16.3 Å². The first kappa shape index (κ1) is 13.7. The number of rotatable bonds is 5. The van der Waals surface area contributed by atoms with Gasteiger partial charge in [0.25, 0.3) is 0 Å². The van der Waals surface area contributed by atoms with Crippen LogP contribution in [0.2, 0.25) is 0 Å². The number of halogens is 1. The van der Waals surface area contributed by atoms with Crippen LogP contribution in [-0.2, 0) is 6.54 Å². The van der Waals surface area contributed by atoms with E-state index in [1.54, 1.807) is 0 Å². The number of carbonyl (C=O) groups excluding carboxylic acids is 1. The Morgan fingerprint density at radius 3 is 2.95 bits per heavy atom. The SMILES string of the molecule is O=C(NCCCn1cn[nH]c1=O)Nc1ccc(F)cn1. The number of carbonyl (C=O) groups is 1. The van der Waals surface area contributed by atoms with Crippen molar-refractivity contribution in [1.29, 1.82) is 0 Å². The van der Waals surface area contributed by atoms with Crippen molar-refractivity contribution in [3.8, 4) is 0 Å². The van der Waals surface area contributed by atoms with Gasteiger partial charge in [-0.1, -0.05) is 0 Å². The molecular weight excluding hydrogens is 267 g/mol. The molecule has 2 heterocycles. The fraction of sp³-hybridized carbons (Fsp3) is 0.273. The Hall–Kier alpha value is -2.71. The molecule has 9 heteroatoms. The van der Waals surface area contributed by atoms with Crippen LogP contribution in [0, 0.1) is 5.82 Å². The Balaban J connectivity index is 1.69. The first-order valence-electron chi connectivity index (χ1n) is 5.91. The van der Waals surface area contributed by atoms with Gasteiger partial charge in [-0.2, -0.15) is 5.10 Å². The van der Waals surface area contributed by atoms with Crippen molar-refractivity contribution >= 4 is 11.8 Å². The molecule has 8 nitrogen and oxygen atoms in total. The Morgan fingerprint density at radius 1 is 1.45 bits per heavy atom. The van der Waals surface area contributed by atoms with Gasteiger partial charge in [-0.15, -0.1) is 0 Å². The van der Waals surface area contributed by atoms with E-state index in [1.165, 1.54) is 23.0 Å². The zero-order valence-electron chi connectivity index (χ0n) is 10.5. The lowest BCUT2D eigenvalue weighted by molar-refractivity contribution is 0.251. The zero-order valence-corrected chi connectivity index (χ0v) is 10.5.